The van der Waals surface area contributed by atoms with Gasteiger partial charge >= 0.3 is 12.0 Å². The lowest BCUT2D eigenvalue weighted by Gasteiger charge is -2.30. The van der Waals surface area contributed by atoms with Crippen LogP contribution in [0.1, 0.15) is 18.4 Å². The van der Waals surface area contributed by atoms with E-state index in [4.69, 9.17) is 5.11 Å². The first-order valence-corrected chi connectivity index (χ1v) is 8.38. The van der Waals surface area contributed by atoms with Gasteiger partial charge in [0.15, 0.2) is 0 Å². The molecule has 1 aliphatic rings. The minimum atomic E-state index is -0.832. The number of nitrogens with one attached hydrogen (secondary N) is 1. The summed E-state index contributed by atoms with van der Waals surface area (Å²) < 4.78 is 0. The maximum Gasteiger partial charge on any atom is 0.317 e. The summed E-state index contributed by atoms with van der Waals surface area (Å²) in [7, 11) is 0. The zero-order valence-electron chi connectivity index (χ0n) is 13.9. The number of carboxylic acids is 1. The first-order valence-electron chi connectivity index (χ1n) is 8.38. The molecule has 1 aromatic carbocycles. The molecule has 1 atom stereocenters. The molecule has 130 valence electrons. The highest BCUT2D eigenvalue weighted by molar-refractivity contribution is 5.76. The molecule has 0 bridgehead atoms. The number of pyridine rings is 1. The monoisotopic (exact) mass is 339 g/mol. The molecule has 0 aliphatic carbocycles. The second-order valence-corrected chi connectivity index (χ2v) is 6.22. The van der Waals surface area contributed by atoms with Gasteiger partial charge in [0.05, 0.1) is 5.92 Å². The summed E-state index contributed by atoms with van der Waals surface area (Å²) in [5.74, 6) is -1.30. The Labute approximate surface area is 146 Å². The molecule has 1 aromatic heterocycles. The zero-order valence-corrected chi connectivity index (χ0v) is 13.9. The Kier molecular flexibility index (Phi) is 5.28. The average molecular weight is 339 g/mol. The maximum atomic E-state index is 12.3. The van der Waals surface area contributed by atoms with E-state index in [-0.39, 0.29) is 12.6 Å². The quantitative estimate of drug-likeness (QED) is 0.897. The van der Waals surface area contributed by atoms with Gasteiger partial charge in [0.25, 0.3) is 0 Å². The lowest BCUT2D eigenvalue weighted by Crippen LogP contribution is -2.46. The van der Waals surface area contributed by atoms with Crippen molar-refractivity contribution in [3.8, 4) is 11.1 Å². The molecule has 2 amide bonds. The molecule has 2 heterocycles. The lowest BCUT2D eigenvalue weighted by atomic mass is 9.99. The van der Waals surface area contributed by atoms with E-state index < -0.39 is 11.9 Å². The van der Waals surface area contributed by atoms with Gasteiger partial charge in [0, 0.05) is 32.0 Å². The third-order valence-electron chi connectivity index (χ3n) is 4.42. The van der Waals surface area contributed by atoms with Crippen molar-refractivity contribution in [2.75, 3.05) is 13.1 Å². The van der Waals surface area contributed by atoms with Crippen molar-refractivity contribution in [1.29, 1.82) is 0 Å². The van der Waals surface area contributed by atoms with Crippen LogP contribution in [0.2, 0.25) is 0 Å². The Morgan fingerprint density at radius 1 is 1.24 bits per heavy atom. The topological polar surface area (TPSA) is 82.5 Å². The van der Waals surface area contributed by atoms with Crippen LogP contribution < -0.4 is 5.32 Å². The van der Waals surface area contributed by atoms with Crippen molar-refractivity contribution >= 4 is 12.0 Å². The van der Waals surface area contributed by atoms with Crippen molar-refractivity contribution in [2.24, 2.45) is 5.92 Å². The van der Waals surface area contributed by atoms with Gasteiger partial charge in [-0.3, -0.25) is 9.78 Å². The van der Waals surface area contributed by atoms with Crippen molar-refractivity contribution in [3.63, 3.8) is 0 Å². The van der Waals surface area contributed by atoms with Crippen LogP contribution in [0.25, 0.3) is 11.1 Å². The van der Waals surface area contributed by atoms with E-state index in [1.807, 2.05) is 36.4 Å². The van der Waals surface area contributed by atoms with Crippen molar-refractivity contribution in [2.45, 2.75) is 19.4 Å². The Bertz CT molecular complexity index is 749. The predicted molar refractivity (Wildman–Crippen MR) is 93.8 cm³/mol. The van der Waals surface area contributed by atoms with Gasteiger partial charge < -0.3 is 15.3 Å². The van der Waals surface area contributed by atoms with Crippen molar-refractivity contribution < 1.29 is 14.7 Å². The molecule has 0 saturated carbocycles. The largest absolute Gasteiger partial charge is 0.481 e. The van der Waals surface area contributed by atoms with Crippen LogP contribution in [0.5, 0.6) is 0 Å². The van der Waals surface area contributed by atoms with Crippen LogP contribution in [-0.4, -0.2) is 40.1 Å². The first kappa shape index (κ1) is 17.0. The Morgan fingerprint density at radius 2 is 2.08 bits per heavy atom. The molecule has 2 aromatic rings. The molecule has 25 heavy (non-hydrogen) atoms. The number of rotatable bonds is 4. The molecule has 6 nitrogen and oxygen atoms in total. The summed E-state index contributed by atoms with van der Waals surface area (Å²) in [5.41, 5.74) is 3.06. The third kappa shape index (κ3) is 4.35. The van der Waals surface area contributed by atoms with Crippen LogP contribution in [0.4, 0.5) is 4.79 Å². The molecule has 6 heteroatoms. The van der Waals surface area contributed by atoms with E-state index in [0.717, 1.165) is 23.1 Å². The van der Waals surface area contributed by atoms with E-state index in [9.17, 15) is 9.59 Å². The molecule has 0 spiro atoms. The second-order valence-electron chi connectivity index (χ2n) is 6.22. The Hall–Kier alpha value is -2.89. The number of aliphatic carboxylic acids is 1. The van der Waals surface area contributed by atoms with E-state index >= 15 is 0 Å². The van der Waals surface area contributed by atoms with E-state index in [1.165, 1.54) is 0 Å². The highest BCUT2D eigenvalue weighted by Gasteiger charge is 2.27. The Morgan fingerprint density at radius 3 is 2.84 bits per heavy atom. The van der Waals surface area contributed by atoms with Gasteiger partial charge in [-0.2, -0.15) is 0 Å². The number of amides is 2. The van der Waals surface area contributed by atoms with Gasteiger partial charge in [-0.25, -0.2) is 4.79 Å². The number of likely N-dealkylation sites (tertiary alicyclic amines) is 1. The first-order chi connectivity index (χ1) is 12.1. The fourth-order valence-electron chi connectivity index (χ4n) is 3.05. The van der Waals surface area contributed by atoms with E-state index in [0.29, 0.717) is 19.5 Å². The Balaban J connectivity index is 1.60. The average Bonchev–Trinajstić information content (AvgIpc) is 2.67. The summed E-state index contributed by atoms with van der Waals surface area (Å²) in [6.45, 7) is 1.28. The summed E-state index contributed by atoms with van der Waals surface area (Å²) in [4.78, 5) is 29.1. The van der Waals surface area contributed by atoms with Gasteiger partial charge in [-0.05, 0) is 41.7 Å². The highest BCUT2D eigenvalue weighted by atomic mass is 16.4. The van der Waals surface area contributed by atoms with Crippen LogP contribution in [0, 0.1) is 5.92 Å². The number of carbonyl (C=O) groups is 2. The molecule has 3 rings (SSSR count). The van der Waals surface area contributed by atoms with Gasteiger partial charge in [-0.15, -0.1) is 0 Å². The molecular weight excluding hydrogens is 318 g/mol. The van der Waals surface area contributed by atoms with E-state index in [2.05, 4.69) is 10.3 Å². The predicted octanol–water partition coefficient (Wildman–Crippen LogP) is 2.75. The number of carbonyl (C=O) groups excluding carboxylic acids is 1. The minimum absolute atomic E-state index is 0.210. The molecule has 1 aliphatic heterocycles. The number of hydrogen-bond acceptors (Lipinski definition) is 3. The van der Waals surface area contributed by atoms with Crippen LogP contribution >= 0.6 is 0 Å². The van der Waals surface area contributed by atoms with Crippen LogP contribution in [-0.2, 0) is 11.3 Å². The highest BCUT2D eigenvalue weighted by Crippen LogP contribution is 2.20. The van der Waals surface area contributed by atoms with Gasteiger partial charge in [0.2, 0.25) is 0 Å². The number of hydrogen-bond donors (Lipinski definition) is 2. The van der Waals surface area contributed by atoms with Crippen LogP contribution in [0.3, 0.4) is 0 Å². The molecule has 1 unspecified atom stereocenters. The number of carboxylic acid groups (broad SMARTS) is 1. The fourth-order valence-corrected chi connectivity index (χ4v) is 3.05. The number of urea groups is 1. The summed E-state index contributed by atoms with van der Waals surface area (Å²) in [6, 6.07) is 11.6. The lowest BCUT2D eigenvalue weighted by molar-refractivity contribution is -0.143. The smallest absolute Gasteiger partial charge is 0.317 e. The minimum Gasteiger partial charge on any atom is -0.481 e. The number of benzene rings is 1. The maximum absolute atomic E-state index is 12.3. The molecule has 1 fully saturated rings. The number of piperidine rings is 1. The van der Waals surface area contributed by atoms with Crippen LogP contribution in [0.15, 0.2) is 48.8 Å². The fraction of sp³-hybridized carbons (Fsp3) is 0.316. The SMILES string of the molecule is O=C(O)C1CCCN(C(=O)NCc2cccc(-c3cccnc3)c2)C1. The van der Waals surface area contributed by atoms with Crippen molar-refractivity contribution in [3.05, 3.63) is 54.4 Å². The van der Waals surface area contributed by atoms with E-state index in [1.54, 1.807) is 17.3 Å². The van der Waals surface area contributed by atoms with Gasteiger partial charge in [-0.1, -0.05) is 24.3 Å². The number of aromatic nitrogens is 1. The molecular formula is C19H21N3O3. The van der Waals surface area contributed by atoms with Crippen molar-refractivity contribution in [1.82, 2.24) is 15.2 Å². The summed E-state index contributed by atoms with van der Waals surface area (Å²) >= 11 is 0. The summed E-state index contributed by atoms with van der Waals surface area (Å²) in [5, 5.41) is 12.0. The second kappa shape index (κ2) is 7.79. The summed E-state index contributed by atoms with van der Waals surface area (Å²) in [6.07, 6.45) is 4.89. The zero-order chi connectivity index (χ0) is 17.6. The van der Waals surface area contributed by atoms with Gasteiger partial charge in [0.1, 0.15) is 0 Å². The standard InChI is InChI=1S/C19H21N3O3/c23-18(24)17-7-3-9-22(13-17)19(25)21-11-14-4-1-5-15(10-14)16-6-2-8-20-12-16/h1-2,4-6,8,10,12,17H,3,7,9,11,13H2,(H,21,25)(H,23,24). The third-order valence-corrected chi connectivity index (χ3v) is 4.42. The molecule has 0 radical (unpaired) electrons. The molecule has 1 saturated heterocycles. The number of nitrogens with zero attached hydrogens (tertiary/aromatic N) is 2. The normalized spacial score (nSPS) is 17.1. The molecule has 2 N–H and O–H groups in total.